The molecular formula is C11H15ClN2O3. The molecule has 0 heterocycles. The van der Waals surface area contributed by atoms with Crippen LogP contribution in [0.1, 0.15) is 0 Å². The van der Waals surface area contributed by atoms with Crippen molar-refractivity contribution in [1.82, 2.24) is 5.32 Å². The lowest BCUT2D eigenvalue weighted by atomic mass is 10.3. The lowest BCUT2D eigenvalue weighted by Crippen LogP contribution is -2.36. The Morgan fingerprint density at radius 2 is 2.00 bits per heavy atom. The van der Waals surface area contributed by atoms with Crippen LogP contribution in [0.5, 0.6) is 0 Å². The van der Waals surface area contributed by atoms with Gasteiger partial charge in [-0.05, 0) is 12.1 Å². The van der Waals surface area contributed by atoms with Crippen molar-refractivity contribution in [3.8, 4) is 0 Å². The van der Waals surface area contributed by atoms with Crippen LogP contribution in [0, 0.1) is 0 Å². The first kappa shape index (κ1) is 13.8. The maximum absolute atomic E-state index is 11.5. The number of para-hydroxylation sites is 1. The van der Waals surface area contributed by atoms with E-state index in [0.717, 1.165) is 0 Å². The van der Waals surface area contributed by atoms with E-state index in [-0.39, 0.29) is 12.6 Å². The quantitative estimate of drug-likeness (QED) is 0.795. The van der Waals surface area contributed by atoms with Crippen molar-refractivity contribution in [2.45, 2.75) is 6.29 Å². The van der Waals surface area contributed by atoms with Crippen molar-refractivity contribution in [3.63, 3.8) is 0 Å². The molecule has 0 unspecified atom stereocenters. The van der Waals surface area contributed by atoms with Crippen LogP contribution >= 0.6 is 11.6 Å². The van der Waals surface area contributed by atoms with Crippen LogP contribution in [0.3, 0.4) is 0 Å². The van der Waals surface area contributed by atoms with Gasteiger partial charge in [-0.15, -0.1) is 0 Å². The molecule has 2 amide bonds. The van der Waals surface area contributed by atoms with Crippen molar-refractivity contribution in [2.75, 3.05) is 26.1 Å². The van der Waals surface area contributed by atoms with Gasteiger partial charge in [-0.25, -0.2) is 4.79 Å². The van der Waals surface area contributed by atoms with Crippen LogP contribution in [-0.2, 0) is 9.47 Å². The number of anilines is 1. The SMILES string of the molecule is COC(CNC(=O)Nc1ccccc1Cl)OC. The fourth-order valence-electron chi connectivity index (χ4n) is 1.17. The van der Waals surface area contributed by atoms with E-state index in [2.05, 4.69) is 10.6 Å². The average molecular weight is 259 g/mol. The molecule has 1 aromatic carbocycles. The van der Waals surface area contributed by atoms with Gasteiger partial charge < -0.3 is 20.1 Å². The Morgan fingerprint density at radius 1 is 1.35 bits per heavy atom. The first-order chi connectivity index (χ1) is 8.17. The third-order valence-electron chi connectivity index (χ3n) is 2.08. The molecule has 0 aromatic heterocycles. The minimum atomic E-state index is -0.466. The number of methoxy groups -OCH3 is 2. The summed E-state index contributed by atoms with van der Waals surface area (Å²) in [7, 11) is 3.00. The summed E-state index contributed by atoms with van der Waals surface area (Å²) in [5.74, 6) is 0. The summed E-state index contributed by atoms with van der Waals surface area (Å²) < 4.78 is 9.87. The number of carbonyl (C=O) groups excluding carboxylic acids is 1. The number of benzene rings is 1. The first-order valence-corrected chi connectivity index (χ1v) is 5.40. The second-order valence-electron chi connectivity index (χ2n) is 3.22. The van der Waals surface area contributed by atoms with E-state index in [1.54, 1.807) is 24.3 Å². The molecule has 0 saturated carbocycles. The van der Waals surface area contributed by atoms with Gasteiger partial charge in [0.2, 0.25) is 0 Å². The number of hydrogen-bond donors (Lipinski definition) is 2. The summed E-state index contributed by atoms with van der Waals surface area (Å²) in [5.41, 5.74) is 0.554. The molecule has 0 aliphatic heterocycles. The monoisotopic (exact) mass is 258 g/mol. The maximum atomic E-state index is 11.5. The van der Waals surface area contributed by atoms with Gasteiger partial charge in [-0.1, -0.05) is 23.7 Å². The highest BCUT2D eigenvalue weighted by Crippen LogP contribution is 2.19. The van der Waals surface area contributed by atoms with Gasteiger partial charge in [0.1, 0.15) is 0 Å². The molecule has 0 radical (unpaired) electrons. The van der Waals surface area contributed by atoms with Crippen molar-refractivity contribution in [1.29, 1.82) is 0 Å². The van der Waals surface area contributed by atoms with Gasteiger partial charge in [0.25, 0.3) is 0 Å². The van der Waals surface area contributed by atoms with Crippen molar-refractivity contribution in [2.24, 2.45) is 0 Å². The molecule has 6 heteroatoms. The Bertz CT molecular complexity index is 369. The molecule has 0 aliphatic rings. The standard InChI is InChI=1S/C11H15ClN2O3/c1-16-10(17-2)7-13-11(15)14-9-6-4-3-5-8(9)12/h3-6,10H,7H2,1-2H3,(H2,13,14,15). The number of halogens is 1. The van der Waals surface area contributed by atoms with Gasteiger partial charge in [-0.3, -0.25) is 0 Å². The predicted octanol–water partition coefficient (Wildman–Crippen LogP) is 2.08. The number of amides is 2. The number of nitrogens with one attached hydrogen (secondary N) is 2. The zero-order chi connectivity index (χ0) is 12.7. The molecule has 17 heavy (non-hydrogen) atoms. The minimum Gasteiger partial charge on any atom is -0.354 e. The van der Waals surface area contributed by atoms with Crippen LogP contribution < -0.4 is 10.6 Å². The van der Waals surface area contributed by atoms with Crippen molar-refractivity contribution < 1.29 is 14.3 Å². The fourth-order valence-corrected chi connectivity index (χ4v) is 1.35. The normalized spacial score (nSPS) is 10.4. The predicted molar refractivity (Wildman–Crippen MR) is 66.3 cm³/mol. The second kappa shape index (κ2) is 7.11. The van der Waals surface area contributed by atoms with Crippen LogP contribution in [0.4, 0.5) is 10.5 Å². The summed E-state index contributed by atoms with van der Waals surface area (Å²) in [6.45, 7) is 0.253. The second-order valence-corrected chi connectivity index (χ2v) is 3.62. The van der Waals surface area contributed by atoms with E-state index in [1.807, 2.05) is 0 Å². The smallest absolute Gasteiger partial charge is 0.319 e. The molecule has 2 N–H and O–H groups in total. The number of rotatable bonds is 5. The zero-order valence-electron chi connectivity index (χ0n) is 9.70. The molecule has 0 bridgehead atoms. The highest BCUT2D eigenvalue weighted by molar-refractivity contribution is 6.33. The molecule has 0 atom stereocenters. The Kier molecular flexibility index (Phi) is 5.76. The third kappa shape index (κ3) is 4.60. The first-order valence-electron chi connectivity index (χ1n) is 5.02. The fraction of sp³-hybridized carbons (Fsp3) is 0.364. The Labute approximate surface area is 105 Å². The van der Waals surface area contributed by atoms with Gasteiger partial charge in [0.05, 0.1) is 17.3 Å². The summed E-state index contributed by atoms with van der Waals surface area (Å²) in [4.78, 5) is 11.5. The number of urea groups is 1. The van der Waals surface area contributed by atoms with E-state index in [4.69, 9.17) is 21.1 Å². The van der Waals surface area contributed by atoms with E-state index in [1.165, 1.54) is 14.2 Å². The molecule has 1 aromatic rings. The number of ether oxygens (including phenoxy) is 2. The molecule has 5 nitrogen and oxygen atoms in total. The molecule has 0 aliphatic carbocycles. The molecule has 0 fully saturated rings. The minimum absolute atomic E-state index is 0.253. The third-order valence-corrected chi connectivity index (χ3v) is 2.41. The summed E-state index contributed by atoms with van der Waals surface area (Å²) in [6, 6.07) is 6.62. The molecular weight excluding hydrogens is 244 g/mol. The van der Waals surface area contributed by atoms with Gasteiger partial charge in [0, 0.05) is 14.2 Å². The van der Waals surface area contributed by atoms with Crippen LogP contribution in [0.15, 0.2) is 24.3 Å². The summed E-state index contributed by atoms with van der Waals surface area (Å²) in [5, 5.41) is 5.71. The lowest BCUT2D eigenvalue weighted by molar-refractivity contribution is -0.0970. The molecule has 0 spiro atoms. The summed E-state index contributed by atoms with van der Waals surface area (Å²) >= 11 is 5.89. The van der Waals surface area contributed by atoms with E-state index in [0.29, 0.717) is 10.7 Å². The highest BCUT2D eigenvalue weighted by atomic mass is 35.5. The zero-order valence-corrected chi connectivity index (χ0v) is 10.5. The molecule has 0 saturated heterocycles. The average Bonchev–Trinajstić information content (AvgIpc) is 2.33. The molecule has 1 rings (SSSR count). The van der Waals surface area contributed by atoms with E-state index < -0.39 is 6.29 Å². The lowest BCUT2D eigenvalue weighted by Gasteiger charge is -2.14. The topological polar surface area (TPSA) is 59.6 Å². The molecule has 94 valence electrons. The van der Waals surface area contributed by atoms with Crippen LogP contribution in [0.25, 0.3) is 0 Å². The van der Waals surface area contributed by atoms with Gasteiger partial charge in [0.15, 0.2) is 6.29 Å². The largest absolute Gasteiger partial charge is 0.354 e. The van der Waals surface area contributed by atoms with Crippen molar-refractivity contribution in [3.05, 3.63) is 29.3 Å². The van der Waals surface area contributed by atoms with Crippen molar-refractivity contribution >= 4 is 23.3 Å². The Morgan fingerprint density at radius 3 is 2.59 bits per heavy atom. The number of carbonyl (C=O) groups is 1. The Hall–Kier alpha value is -1.30. The van der Waals surface area contributed by atoms with Gasteiger partial charge >= 0.3 is 6.03 Å². The Balaban J connectivity index is 2.42. The van der Waals surface area contributed by atoms with E-state index in [9.17, 15) is 4.79 Å². The highest BCUT2D eigenvalue weighted by Gasteiger charge is 2.08. The van der Waals surface area contributed by atoms with E-state index >= 15 is 0 Å². The van der Waals surface area contributed by atoms with Crippen LogP contribution in [-0.4, -0.2) is 33.1 Å². The van der Waals surface area contributed by atoms with Gasteiger partial charge in [-0.2, -0.15) is 0 Å². The number of hydrogen-bond acceptors (Lipinski definition) is 3. The summed E-state index contributed by atoms with van der Waals surface area (Å²) in [6.07, 6.45) is -0.466. The van der Waals surface area contributed by atoms with Crippen LogP contribution in [0.2, 0.25) is 5.02 Å². The maximum Gasteiger partial charge on any atom is 0.319 e.